The lowest BCUT2D eigenvalue weighted by Gasteiger charge is -2.22. The van der Waals surface area contributed by atoms with Crippen LogP contribution >= 0.6 is 0 Å². The molecule has 0 aliphatic carbocycles. The van der Waals surface area contributed by atoms with E-state index in [-0.39, 0.29) is 11.7 Å². The van der Waals surface area contributed by atoms with Crippen molar-refractivity contribution in [3.05, 3.63) is 34.4 Å². The lowest BCUT2D eigenvalue weighted by Crippen LogP contribution is -2.31. The quantitative estimate of drug-likeness (QED) is 0.344. The average molecular weight is 322 g/mol. The molecule has 0 saturated carbocycles. The number of nitro benzene ring substituents is 1. The Balaban J connectivity index is 2.30. The summed E-state index contributed by atoms with van der Waals surface area (Å²) >= 11 is 0. The first kappa shape index (κ1) is 19.4. The van der Waals surface area contributed by atoms with Crippen LogP contribution in [-0.4, -0.2) is 17.6 Å². The number of benzene rings is 1. The van der Waals surface area contributed by atoms with Gasteiger partial charge in [0, 0.05) is 18.2 Å². The first-order chi connectivity index (χ1) is 11.1. The summed E-state index contributed by atoms with van der Waals surface area (Å²) in [6, 6.07) is 6.33. The number of hydrogen-bond donors (Lipinski definition) is 1. The second-order valence-electron chi connectivity index (χ2n) is 6.07. The fraction of sp³-hybridized carbons (Fsp3) is 0.667. The van der Waals surface area contributed by atoms with Crippen molar-refractivity contribution < 1.29 is 9.66 Å². The molecule has 0 aliphatic heterocycles. The van der Waals surface area contributed by atoms with Crippen molar-refractivity contribution in [2.45, 2.75) is 64.8 Å². The standard InChI is InChI=1S/C18H30N2O3/c1-3-5-6-7-8-15(4-2)18(19)13-14-23-17-11-9-16(10-12-17)20(21)22/h9-12,15,18H,3-8,13-14,19H2,1-2H3. The van der Waals surface area contributed by atoms with Crippen LogP contribution < -0.4 is 10.5 Å². The molecule has 0 radical (unpaired) electrons. The van der Waals surface area contributed by atoms with Gasteiger partial charge in [-0.05, 0) is 30.9 Å². The van der Waals surface area contributed by atoms with Crippen LogP contribution in [0.1, 0.15) is 58.8 Å². The largest absolute Gasteiger partial charge is 0.494 e. The number of nitrogens with two attached hydrogens (primary N) is 1. The number of ether oxygens (including phenoxy) is 1. The molecule has 1 aromatic rings. The Morgan fingerprint density at radius 2 is 1.83 bits per heavy atom. The van der Waals surface area contributed by atoms with E-state index in [0.717, 1.165) is 12.8 Å². The monoisotopic (exact) mass is 322 g/mol. The predicted octanol–water partition coefficient (Wildman–Crippen LogP) is 4.69. The van der Waals surface area contributed by atoms with Crippen LogP contribution in [0.25, 0.3) is 0 Å². The molecule has 1 aromatic carbocycles. The van der Waals surface area contributed by atoms with Gasteiger partial charge in [0.25, 0.3) is 5.69 Å². The first-order valence-electron chi connectivity index (χ1n) is 8.71. The number of rotatable bonds is 12. The van der Waals surface area contributed by atoms with Crippen LogP contribution in [-0.2, 0) is 0 Å². The Kier molecular flexibility index (Phi) is 9.29. The summed E-state index contributed by atoms with van der Waals surface area (Å²) in [4.78, 5) is 10.2. The normalized spacial score (nSPS) is 13.5. The average Bonchev–Trinajstić information content (AvgIpc) is 2.55. The molecule has 1 rings (SSSR count). The van der Waals surface area contributed by atoms with Gasteiger partial charge in [-0.25, -0.2) is 0 Å². The zero-order valence-corrected chi connectivity index (χ0v) is 14.4. The van der Waals surface area contributed by atoms with Gasteiger partial charge in [-0.3, -0.25) is 10.1 Å². The predicted molar refractivity (Wildman–Crippen MR) is 93.7 cm³/mol. The van der Waals surface area contributed by atoms with E-state index < -0.39 is 4.92 Å². The van der Waals surface area contributed by atoms with Gasteiger partial charge in [0.15, 0.2) is 0 Å². The minimum Gasteiger partial charge on any atom is -0.494 e. The van der Waals surface area contributed by atoms with Crippen LogP contribution in [0.5, 0.6) is 5.75 Å². The minimum atomic E-state index is -0.413. The number of nitrogens with zero attached hydrogens (tertiary/aromatic N) is 1. The summed E-state index contributed by atoms with van der Waals surface area (Å²) in [5.41, 5.74) is 6.38. The maximum Gasteiger partial charge on any atom is 0.269 e. The van der Waals surface area contributed by atoms with Gasteiger partial charge in [-0.1, -0.05) is 46.0 Å². The molecule has 0 aromatic heterocycles. The maximum absolute atomic E-state index is 10.6. The molecule has 0 saturated heterocycles. The van der Waals surface area contributed by atoms with Crippen molar-refractivity contribution in [3.63, 3.8) is 0 Å². The fourth-order valence-corrected chi connectivity index (χ4v) is 2.77. The molecule has 23 heavy (non-hydrogen) atoms. The second-order valence-corrected chi connectivity index (χ2v) is 6.07. The molecular formula is C18H30N2O3. The summed E-state index contributed by atoms with van der Waals surface area (Å²) in [6.45, 7) is 4.96. The third kappa shape index (κ3) is 7.46. The van der Waals surface area contributed by atoms with Gasteiger partial charge in [0.1, 0.15) is 5.75 Å². The van der Waals surface area contributed by atoms with E-state index in [2.05, 4.69) is 13.8 Å². The second kappa shape index (κ2) is 11.0. The molecule has 0 bridgehead atoms. The van der Waals surface area contributed by atoms with E-state index in [0.29, 0.717) is 18.3 Å². The highest BCUT2D eigenvalue weighted by Crippen LogP contribution is 2.20. The molecule has 0 fully saturated rings. The third-order valence-corrected chi connectivity index (χ3v) is 4.33. The summed E-state index contributed by atoms with van der Waals surface area (Å²) in [5.74, 6) is 1.20. The molecule has 2 atom stereocenters. The number of hydrogen-bond acceptors (Lipinski definition) is 4. The smallest absolute Gasteiger partial charge is 0.269 e. The van der Waals surface area contributed by atoms with Crippen molar-refractivity contribution in [2.75, 3.05) is 6.61 Å². The number of unbranched alkanes of at least 4 members (excludes halogenated alkanes) is 3. The molecule has 2 N–H and O–H groups in total. The number of nitro groups is 1. The lowest BCUT2D eigenvalue weighted by molar-refractivity contribution is -0.384. The van der Waals surface area contributed by atoms with Gasteiger partial charge >= 0.3 is 0 Å². The molecule has 2 unspecified atom stereocenters. The third-order valence-electron chi connectivity index (χ3n) is 4.33. The Hall–Kier alpha value is -1.62. The van der Waals surface area contributed by atoms with E-state index >= 15 is 0 Å². The van der Waals surface area contributed by atoms with Gasteiger partial charge in [0.2, 0.25) is 0 Å². The fourth-order valence-electron chi connectivity index (χ4n) is 2.77. The SMILES string of the molecule is CCCCCCC(CC)C(N)CCOc1ccc([N+](=O)[O-])cc1. The van der Waals surface area contributed by atoms with Gasteiger partial charge in [-0.15, -0.1) is 0 Å². The van der Waals surface area contributed by atoms with Crippen LogP contribution in [0.4, 0.5) is 5.69 Å². The Labute approximate surface area is 139 Å². The Morgan fingerprint density at radius 1 is 1.13 bits per heavy atom. The van der Waals surface area contributed by atoms with E-state index in [1.54, 1.807) is 12.1 Å². The molecule has 0 heterocycles. The summed E-state index contributed by atoms with van der Waals surface area (Å²) in [6.07, 6.45) is 8.20. The van der Waals surface area contributed by atoms with Crippen LogP contribution in [0.2, 0.25) is 0 Å². The zero-order chi connectivity index (χ0) is 17.1. The molecule has 5 nitrogen and oxygen atoms in total. The van der Waals surface area contributed by atoms with Gasteiger partial charge < -0.3 is 10.5 Å². The molecular weight excluding hydrogens is 292 g/mol. The first-order valence-corrected chi connectivity index (χ1v) is 8.71. The van der Waals surface area contributed by atoms with E-state index in [1.165, 1.54) is 44.2 Å². The van der Waals surface area contributed by atoms with Gasteiger partial charge in [0.05, 0.1) is 11.5 Å². The highest BCUT2D eigenvalue weighted by atomic mass is 16.6. The van der Waals surface area contributed by atoms with Crippen LogP contribution in [0, 0.1) is 16.0 Å². The van der Waals surface area contributed by atoms with Crippen molar-refractivity contribution in [3.8, 4) is 5.75 Å². The molecule has 5 heteroatoms. The Bertz CT molecular complexity index is 448. The molecule has 0 amide bonds. The lowest BCUT2D eigenvalue weighted by atomic mass is 9.90. The van der Waals surface area contributed by atoms with Crippen molar-refractivity contribution in [1.29, 1.82) is 0 Å². The van der Waals surface area contributed by atoms with E-state index in [1.807, 2.05) is 0 Å². The van der Waals surface area contributed by atoms with Gasteiger partial charge in [-0.2, -0.15) is 0 Å². The van der Waals surface area contributed by atoms with E-state index in [9.17, 15) is 10.1 Å². The summed E-state index contributed by atoms with van der Waals surface area (Å²) in [7, 11) is 0. The van der Waals surface area contributed by atoms with E-state index in [4.69, 9.17) is 10.5 Å². The topological polar surface area (TPSA) is 78.4 Å². The summed E-state index contributed by atoms with van der Waals surface area (Å²) < 4.78 is 5.65. The van der Waals surface area contributed by atoms with Crippen molar-refractivity contribution >= 4 is 5.69 Å². The summed E-state index contributed by atoms with van der Waals surface area (Å²) in [5, 5.41) is 10.6. The van der Waals surface area contributed by atoms with Crippen molar-refractivity contribution in [2.24, 2.45) is 11.7 Å². The zero-order valence-electron chi connectivity index (χ0n) is 14.4. The van der Waals surface area contributed by atoms with Crippen molar-refractivity contribution in [1.82, 2.24) is 0 Å². The highest BCUT2D eigenvalue weighted by Gasteiger charge is 2.15. The van der Waals surface area contributed by atoms with Crippen LogP contribution in [0.15, 0.2) is 24.3 Å². The molecule has 130 valence electrons. The Morgan fingerprint density at radius 3 is 2.39 bits per heavy atom. The minimum absolute atomic E-state index is 0.0761. The highest BCUT2D eigenvalue weighted by molar-refractivity contribution is 5.35. The number of non-ortho nitro benzene ring substituents is 1. The molecule has 0 aliphatic rings. The maximum atomic E-state index is 10.6. The van der Waals surface area contributed by atoms with Crippen LogP contribution in [0.3, 0.4) is 0 Å². The molecule has 0 spiro atoms.